The molecule has 0 aromatic carbocycles. The average molecular weight is 210 g/mol. The van der Waals surface area contributed by atoms with E-state index in [2.05, 4.69) is 27.0 Å². The van der Waals surface area contributed by atoms with Crippen molar-refractivity contribution in [3.05, 3.63) is 12.2 Å². The van der Waals surface area contributed by atoms with E-state index in [1.807, 2.05) is 0 Å². The van der Waals surface area contributed by atoms with Gasteiger partial charge in [-0.05, 0) is 5.57 Å². The van der Waals surface area contributed by atoms with E-state index < -0.39 is 0 Å². The van der Waals surface area contributed by atoms with Gasteiger partial charge in [0.15, 0.2) is 0 Å². The summed E-state index contributed by atoms with van der Waals surface area (Å²) in [6.45, 7) is 14.2. The lowest BCUT2D eigenvalue weighted by atomic mass is 10.2. The van der Waals surface area contributed by atoms with Crippen molar-refractivity contribution >= 4 is 0 Å². The van der Waals surface area contributed by atoms with Gasteiger partial charge in [0.2, 0.25) is 0 Å². The summed E-state index contributed by atoms with van der Waals surface area (Å²) in [6.07, 6.45) is 0. The van der Waals surface area contributed by atoms with Gasteiger partial charge in [-0.3, -0.25) is 9.80 Å². The molecule has 0 amide bonds. The van der Waals surface area contributed by atoms with Crippen LogP contribution in [0.15, 0.2) is 12.2 Å². The maximum Gasteiger partial charge on any atom is 0.0484 e. The first-order valence-electron chi connectivity index (χ1n) is 5.87. The van der Waals surface area contributed by atoms with E-state index in [1.54, 1.807) is 0 Å². The molecule has 4 nitrogen and oxygen atoms in total. The molecule has 2 aliphatic rings. The second-order valence-electron chi connectivity index (χ2n) is 4.49. The third-order valence-corrected chi connectivity index (χ3v) is 3.04. The molecule has 2 rings (SSSR count). The summed E-state index contributed by atoms with van der Waals surface area (Å²) in [5, 5.41) is 6.71. The average Bonchev–Trinajstić information content (AvgIpc) is 2.71. The minimum Gasteiger partial charge on any atom is -0.314 e. The maximum atomic E-state index is 4.18. The molecule has 0 aromatic heterocycles. The number of rotatable bonds is 4. The van der Waals surface area contributed by atoms with Crippen LogP contribution in [0.3, 0.4) is 0 Å². The summed E-state index contributed by atoms with van der Waals surface area (Å²) in [5.74, 6) is 0. The summed E-state index contributed by atoms with van der Waals surface area (Å²) in [4.78, 5) is 4.91. The molecule has 0 unspecified atom stereocenters. The van der Waals surface area contributed by atoms with Crippen LogP contribution >= 0.6 is 0 Å². The van der Waals surface area contributed by atoms with E-state index in [-0.39, 0.29) is 0 Å². The van der Waals surface area contributed by atoms with Gasteiger partial charge in [0, 0.05) is 59.0 Å². The predicted octanol–water partition coefficient (Wildman–Crippen LogP) is -0.689. The van der Waals surface area contributed by atoms with Crippen LogP contribution in [0.4, 0.5) is 0 Å². The molecular formula is C11H22N4. The highest BCUT2D eigenvalue weighted by atomic mass is 15.3. The van der Waals surface area contributed by atoms with Crippen LogP contribution in [-0.4, -0.2) is 68.8 Å². The van der Waals surface area contributed by atoms with Crippen LogP contribution < -0.4 is 10.6 Å². The summed E-state index contributed by atoms with van der Waals surface area (Å²) < 4.78 is 0. The summed E-state index contributed by atoms with van der Waals surface area (Å²) in [6, 6.07) is 0. The Morgan fingerprint density at radius 2 is 1.53 bits per heavy atom. The Morgan fingerprint density at radius 3 is 2.20 bits per heavy atom. The Balaban J connectivity index is 1.66. The van der Waals surface area contributed by atoms with Gasteiger partial charge in [-0.25, -0.2) is 0 Å². The first-order valence-corrected chi connectivity index (χ1v) is 5.87. The van der Waals surface area contributed by atoms with Crippen LogP contribution in [0.1, 0.15) is 0 Å². The summed E-state index contributed by atoms with van der Waals surface area (Å²) in [5.41, 5.74) is 1.35. The lowest BCUT2D eigenvalue weighted by molar-refractivity contribution is 0.250. The molecule has 2 heterocycles. The first-order chi connectivity index (χ1) is 7.34. The second kappa shape index (κ2) is 5.61. The number of hydrogen-bond donors (Lipinski definition) is 2. The Hall–Kier alpha value is -0.420. The normalized spacial score (nSPS) is 24.5. The smallest absolute Gasteiger partial charge is 0.0484 e. The quantitative estimate of drug-likeness (QED) is 0.601. The molecule has 0 atom stereocenters. The number of nitrogens with zero attached hydrogens (tertiary/aromatic N) is 2. The molecule has 2 saturated heterocycles. The highest BCUT2D eigenvalue weighted by Crippen LogP contribution is 2.03. The van der Waals surface area contributed by atoms with Crippen molar-refractivity contribution in [1.82, 2.24) is 20.4 Å². The van der Waals surface area contributed by atoms with Gasteiger partial charge < -0.3 is 10.6 Å². The van der Waals surface area contributed by atoms with E-state index in [9.17, 15) is 0 Å². The SMILES string of the molecule is C=C(CN1CCNCC1)CN1CCNC1. The third kappa shape index (κ3) is 3.57. The zero-order valence-electron chi connectivity index (χ0n) is 9.47. The summed E-state index contributed by atoms with van der Waals surface area (Å²) >= 11 is 0. The van der Waals surface area contributed by atoms with E-state index >= 15 is 0 Å². The Bertz CT molecular complexity index is 205. The topological polar surface area (TPSA) is 30.5 Å². The third-order valence-electron chi connectivity index (χ3n) is 3.04. The zero-order chi connectivity index (χ0) is 10.5. The fourth-order valence-corrected chi connectivity index (χ4v) is 2.24. The maximum absolute atomic E-state index is 4.18. The van der Waals surface area contributed by atoms with E-state index in [0.717, 1.165) is 52.5 Å². The van der Waals surface area contributed by atoms with Crippen molar-refractivity contribution in [3.8, 4) is 0 Å². The van der Waals surface area contributed by atoms with Gasteiger partial charge >= 0.3 is 0 Å². The zero-order valence-corrected chi connectivity index (χ0v) is 9.47. The van der Waals surface area contributed by atoms with Crippen molar-refractivity contribution in [2.24, 2.45) is 0 Å². The van der Waals surface area contributed by atoms with Crippen LogP contribution in [0.25, 0.3) is 0 Å². The Labute approximate surface area is 92.3 Å². The minimum absolute atomic E-state index is 1.03. The van der Waals surface area contributed by atoms with Gasteiger partial charge in [0.25, 0.3) is 0 Å². The van der Waals surface area contributed by atoms with Gasteiger partial charge in [-0.15, -0.1) is 0 Å². The number of hydrogen-bond acceptors (Lipinski definition) is 4. The molecule has 0 aromatic rings. The van der Waals surface area contributed by atoms with Gasteiger partial charge in [0.05, 0.1) is 0 Å². The number of piperazine rings is 1. The molecule has 2 N–H and O–H groups in total. The van der Waals surface area contributed by atoms with Crippen molar-refractivity contribution in [2.75, 3.05) is 59.0 Å². The second-order valence-corrected chi connectivity index (χ2v) is 4.49. The largest absolute Gasteiger partial charge is 0.314 e. The Morgan fingerprint density at radius 1 is 0.933 bits per heavy atom. The van der Waals surface area contributed by atoms with Gasteiger partial charge in [0.1, 0.15) is 0 Å². The van der Waals surface area contributed by atoms with Crippen LogP contribution in [0, 0.1) is 0 Å². The molecule has 0 spiro atoms. The van der Waals surface area contributed by atoms with Gasteiger partial charge in [-0.2, -0.15) is 0 Å². The molecule has 2 fully saturated rings. The van der Waals surface area contributed by atoms with Crippen molar-refractivity contribution < 1.29 is 0 Å². The van der Waals surface area contributed by atoms with E-state index in [0.29, 0.717) is 0 Å². The Kier molecular flexibility index (Phi) is 4.14. The molecule has 0 bridgehead atoms. The molecular weight excluding hydrogens is 188 g/mol. The standard InChI is InChI=1S/C11H22N4/c1-11(9-15-7-4-13-10-15)8-14-5-2-12-3-6-14/h12-13H,1-10H2. The molecule has 2 aliphatic heterocycles. The van der Waals surface area contributed by atoms with E-state index in [4.69, 9.17) is 0 Å². The fraction of sp³-hybridized carbons (Fsp3) is 0.818. The highest BCUT2D eigenvalue weighted by molar-refractivity contribution is 5.01. The van der Waals surface area contributed by atoms with Crippen molar-refractivity contribution in [3.63, 3.8) is 0 Å². The molecule has 0 aliphatic carbocycles. The van der Waals surface area contributed by atoms with Gasteiger partial charge in [-0.1, -0.05) is 6.58 Å². The first kappa shape index (κ1) is 11.1. The monoisotopic (exact) mass is 210 g/mol. The van der Waals surface area contributed by atoms with Crippen molar-refractivity contribution in [1.29, 1.82) is 0 Å². The van der Waals surface area contributed by atoms with Crippen LogP contribution in [0.5, 0.6) is 0 Å². The molecule has 0 saturated carbocycles. The van der Waals surface area contributed by atoms with Crippen LogP contribution in [0.2, 0.25) is 0 Å². The van der Waals surface area contributed by atoms with Crippen molar-refractivity contribution in [2.45, 2.75) is 0 Å². The molecule has 86 valence electrons. The fourth-order valence-electron chi connectivity index (χ4n) is 2.24. The lowest BCUT2D eigenvalue weighted by Gasteiger charge is -2.28. The molecule has 15 heavy (non-hydrogen) atoms. The minimum atomic E-state index is 1.03. The number of nitrogens with one attached hydrogen (secondary N) is 2. The molecule has 0 radical (unpaired) electrons. The lowest BCUT2D eigenvalue weighted by Crippen LogP contribution is -2.44. The summed E-state index contributed by atoms with van der Waals surface area (Å²) in [7, 11) is 0. The predicted molar refractivity (Wildman–Crippen MR) is 62.9 cm³/mol. The van der Waals surface area contributed by atoms with E-state index in [1.165, 1.54) is 12.1 Å². The highest BCUT2D eigenvalue weighted by Gasteiger charge is 2.14. The van der Waals surface area contributed by atoms with Crippen LogP contribution in [-0.2, 0) is 0 Å². The molecule has 4 heteroatoms.